The van der Waals surface area contributed by atoms with E-state index in [-0.39, 0.29) is 22.0 Å². The Kier molecular flexibility index (Phi) is 6.38. The van der Waals surface area contributed by atoms with Gasteiger partial charge in [-0.15, -0.1) is 0 Å². The molecule has 31 heavy (non-hydrogen) atoms. The fourth-order valence-corrected chi connectivity index (χ4v) is 4.59. The average molecular weight is 463 g/mol. The van der Waals surface area contributed by atoms with Crippen molar-refractivity contribution in [3.63, 3.8) is 0 Å². The van der Waals surface area contributed by atoms with Crippen molar-refractivity contribution >= 4 is 27.7 Å². The van der Waals surface area contributed by atoms with Gasteiger partial charge >= 0.3 is 6.09 Å². The third kappa shape index (κ3) is 5.42. The van der Waals surface area contributed by atoms with Crippen molar-refractivity contribution in [1.82, 2.24) is 18.8 Å². The van der Waals surface area contributed by atoms with Gasteiger partial charge in [-0.25, -0.2) is 22.2 Å². The molecule has 164 valence electrons. The summed E-state index contributed by atoms with van der Waals surface area (Å²) in [4.78, 5) is 21.0. The van der Waals surface area contributed by atoms with Crippen LogP contribution >= 0.6 is 11.6 Å². The molecule has 0 bridgehead atoms. The number of amides is 1. The van der Waals surface area contributed by atoms with Crippen molar-refractivity contribution in [2.24, 2.45) is 5.41 Å². The molecular formula is C21H23ClN4O4S. The molecule has 3 rings (SSSR count). The van der Waals surface area contributed by atoms with Gasteiger partial charge in [0.1, 0.15) is 10.0 Å². The summed E-state index contributed by atoms with van der Waals surface area (Å²) in [5.74, 6) is 0. The topological polar surface area (TPSA) is 105 Å². The fourth-order valence-electron chi connectivity index (χ4n) is 3.12. The summed E-state index contributed by atoms with van der Waals surface area (Å²) in [6, 6.07) is 7.87. The Morgan fingerprint density at radius 3 is 2.52 bits per heavy atom. The molecule has 1 N–H and O–H groups in total. The molecule has 0 saturated carbocycles. The number of pyridine rings is 2. The zero-order valence-electron chi connectivity index (χ0n) is 17.4. The van der Waals surface area contributed by atoms with Crippen LogP contribution in [0.5, 0.6) is 0 Å². The molecule has 0 fully saturated rings. The maximum Gasteiger partial charge on any atom is 0.407 e. The number of carboxylic acid groups (broad SMARTS) is 1. The van der Waals surface area contributed by atoms with Gasteiger partial charge < -0.3 is 10.0 Å². The van der Waals surface area contributed by atoms with Crippen LogP contribution in [0.15, 0.2) is 60.0 Å². The van der Waals surface area contributed by atoms with Crippen molar-refractivity contribution in [1.29, 1.82) is 0 Å². The minimum atomic E-state index is -3.97. The van der Waals surface area contributed by atoms with Gasteiger partial charge in [-0.2, -0.15) is 0 Å². The zero-order valence-corrected chi connectivity index (χ0v) is 18.9. The molecule has 0 unspecified atom stereocenters. The predicted octanol–water partition coefficient (Wildman–Crippen LogP) is 4.36. The molecule has 8 nitrogen and oxygen atoms in total. The van der Waals surface area contributed by atoms with Crippen LogP contribution in [0.25, 0.3) is 11.3 Å². The van der Waals surface area contributed by atoms with Crippen LogP contribution in [0.4, 0.5) is 4.79 Å². The highest BCUT2D eigenvalue weighted by atomic mass is 35.5. The van der Waals surface area contributed by atoms with Gasteiger partial charge in [-0.05, 0) is 41.3 Å². The lowest BCUT2D eigenvalue weighted by Gasteiger charge is -2.27. The lowest BCUT2D eigenvalue weighted by Crippen LogP contribution is -2.36. The first-order chi connectivity index (χ1) is 14.5. The molecule has 0 saturated heterocycles. The van der Waals surface area contributed by atoms with Gasteiger partial charge in [-0.1, -0.05) is 32.4 Å². The molecule has 0 aliphatic carbocycles. The second-order valence-corrected chi connectivity index (χ2v) is 10.5. The number of hydrogen-bond acceptors (Lipinski definition) is 5. The molecule has 0 aliphatic rings. The van der Waals surface area contributed by atoms with E-state index in [1.54, 1.807) is 18.2 Å². The van der Waals surface area contributed by atoms with Crippen molar-refractivity contribution in [3.8, 4) is 11.3 Å². The minimum absolute atomic E-state index is 0.0186. The second-order valence-electron chi connectivity index (χ2n) is 8.29. The van der Waals surface area contributed by atoms with Crippen molar-refractivity contribution in [3.05, 3.63) is 65.8 Å². The Bertz CT molecular complexity index is 1170. The fraction of sp³-hybridized carbons (Fsp3) is 0.286. The van der Waals surface area contributed by atoms with E-state index >= 15 is 0 Å². The number of halogens is 1. The predicted molar refractivity (Wildman–Crippen MR) is 117 cm³/mol. The molecule has 1 amide bonds. The van der Waals surface area contributed by atoms with Crippen LogP contribution < -0.4 is 0 Å². The smallest absolute Gasteiger partial charge is 0.407 e. The number of carbonyl (C=O) groups is 1. The highest BCUT2D eigenvalue weighted by Gasteiger charge is 2.25. The molecule has 0 aromatic carbocycles. The number of nitrogens with zero attached hydrogens (tertiary/aromatic N) is 4. The normalized spacial score (nSPS) is 12.0. The molecule has 10 heteroatoms. The van der Waals surface area contributed by atoms with Gasteiger partial charge in [0.2, 0.25) is 0 Å². The summed E-state index contributed by atoms with van der Waals surface area (Å²) in [6.07, 6.45) is 4.59. The van der Waals surface area contributed by atoms with E-state index in [0.29, 0.717) is 23.4 Å². The Hall–Kier alpha value is -2.91. The molecule has 0 aliphatic heterocycles. The molecular weight excluding hydrogens is 440 g/mol. The number of hydrogen-bond donors (Lipinski definition) is 1. The number of aromatic nitrogens is 3. The zero-order chi connectivity index (χ0) is 22.8. The highest BCUT2D eigenvalue weighted by molar-refractivity contribution is 7.90. The summed E-state index contributed by atoms with van der Waals surface area (Å²) in [5.41, 5.74) is 1.15. The molecule has 3 aromatic heterocycles. The Labute approximate surface area is 186 Å². The Morgan fingerprint density at radius 2 is 1.97 bits per heavy atom. The number of rotatable bonds is 6. The maximum atomic E-state index is 13.3. The molecule has 3 heterocycles. The minimum Gasteiger partial charge on any atom is -0.465 e. The summed E-state index contributed by atoms with van der Waals surface area (Å²) in [6.45, 7) is 6.14. The third-order valence-corrected chi connectivity index (χ3v) is 6.25. The van der Waals surface area contributed by atoms with E-state index in [1.165, 1.54) is 41.8 Å². The molecule has 0 radical (unpaired) electrons. The lowest BCUT2D eigenvalue weighted by molar-refractivity contribution is 0.123. The summed E-state index contributed by atoms with van der Waals surface area (Å²) in [7, 11) is -3.97. The van der Waals surface area contributed by atoms with Gasteiger partial charge in [0.15, 0.2) is 0 Å². The second kappa shape index (κ2) is 8.68. The van der Waals surface area contributed by atoms with Gasteiger partial charge in [0.25, 0.3) is 10.0 Å². The monoisotopic (exact) mass is 462 g/mol. The largest absolute Gasteiger partial charge is 0.465 e. The quantitative estimate of drug-likeness (QED) is 0.545. The van der Waals surface area contributed by atoms with E-state index in [1.807, 2.05) is 20.8 Å². The van der Waals surface area contributed by atoms with E-state index < -0.39 is 16.1 Å². The molecule has 0 spiro atoms. The van der Waals surface area contributed by atoms with E-state index in [2.05, 4.69) is 9.97 Å². The molecule has 3 aromatic rings. The van der Waals surface area contributed by atoms with E-state index in [9.17, 15) is 18.3 Å². The highest BCUT2D eigenvalue weighted by Crippen LogP contribution is 2.28. The molecule has 0 atom stereocenters. The van der Waals surface area contributed by atoms with Crippen molar-refractivity contribution in [2.75, 3.05) is 6.54 Å². The van der Waals surface area contributed by atoms with Crippen LogP contribution in [0.3, 0.4) is 0 Å². The van der Waals surface area contributed by atoms with E-state index in [4.69, 9.17) is 11.6 Å². The van der Waals surface area contributed by atoms with Gasteiger partial charge in [-0.3, -0.25) is 4.98 Å². The first-order valence-electron chi connectivity index (χ1n) is 9.44. The van der Waals surface area contributed by atoms with Crippen LogP contribution in [0.1, 0.15) is 26.3 Å². The van der Waals surface area contributed by atoms with Crippen LogP contribution in [-0.4, -0.2) is 45.0 Å². The first kappa shape index (κ1) is 22.8. The lowest BCUT2D eigenvalue weighted by atomic mass is 9.96. The Balaban J connectivity index is 2.10. The third-order valence-electron chi connectivity index (χ3n) is 4.37. The van der Waals surface area contributed by atoms with Crippen molar-refractivity contribution in [2.45, 2.75) is 32.2 Å². The van der Waals surface area contributed by atoms with Gasteiger partial charge in [0.05, 0.1) is 12.2 Å². The van der Waals surface area contributed by atoms with Crippen LogP contribution in [0, 0.1) is 5.41 Å². The summed E-state index contributed by atoms with van der Waals surface area (Å²) >= 11 is 5.88. The van der Waals surface area contributed by atoms with Gasteiger partial charge in [0, 0.05) is 36.9 Å². The Morgan fingerprint density at radius 1 is 1.23 bits per heavy atom. The van der Waals surface area contributed by atoms with Crippen LogP contribution in [-0.2, 0) is 16.6 Å². The standard InChI is InChI=1S/C21H23ClN4O4S/c1-21(2,3)14-25(20(27)28)12-15-9-18(16-6-7-19(22)24-10-16)26(13-15)31(29,30)17-5-4-8-23-11-17/h4-11,13H,12,14H2,1-3H3,(H,27,28). The summed E-state index contributed by atoms with van der Waals surface area (Å²) in [5, 5.41) is 9.90. The van der Waals surface area contributed by atoms with Crippen LogP contribution in [0.2, 0.25) is 5.15 Å². The maximum absolute atomic E-state index is 13.3. The average Bonchev–Trinajstić information content (AvgIpc) is 3.12. The van der Waals surface area contributed by atoms with Crippen molar-refractivity contribution < 1.29 is 18.3 Å². The summed E-state index contributed by atoms with van der Waals surface area (Å²) < 4.78 is 27.7. The van der Waals surface area contributed by atoms with E-state index in [0.717, 1.165) is 3.97 Å². The first-order valence-corrected chi connectivity index (χ1v) is 11.3. The SMILES string of the molecule is CC(C)(C)CN(Cc1cc(-c2ccc(Cl)nc2)n(S(=O)(=O)c2cccnc2)c1)C(=O)O.